The van der Waals surface area contributed by atoms with Crippen molar-refractivity contribution >= 4 is 13.8 Å². The molecular formula is C26H53NO8P+. The van der Waals surface area contributed by atoms with Crippen molar-refractivity contribution in [3.05, 3.63) is 12.2 Å². The fourth-order valence-corrected chi connectivity index (χ4v) is 4.11. The highest BCUT2D eigenvalue weighted by molar-refractivity contribution is 7.47. The molecule has 0 heterocycles. The molecule has 0 aliphatic heterocycles. The minimum Gasteiger partial charge on any atom is -0.457 e. The number of likely N-dealkylation sites (N-methyl/N-ethyl adjacent to an activating group) is 1. The van der Waals surface area contributed by atoms with Gasteiger partial charge in [-0.05, 0) is 32.1 Å². The smallest absolute Gasteiger partial charge is 0.457 e. The highest BCUT2D eigenvalue weighted by atomic mass is 31.2. The lowest BCUT2D eigenvalue weighted by molar-refractivity contribution is -0.870. The summed E-state index contributed by atoms with van der Waals surface area (Å²) in [4.78, 5) is 21.7. The van der Waals surface area contributed by atoms with E-state index in [2.05, 4.69) is 19.1 Å². The molecule has 0 saturated carbocycles. The number of hydrogen-bond acceptors (Lipinski definition) is 7. The minimum atomic E-state index is -4.28. The summed E-state index contributed by atoms with van der Waals surface area (Å²) in [5.41, 5.74) is 0. The maximum Gasteiger partial charge on any atom is 0.472 e. The number of nitrogens with zero attached hydrogens (tertiary/aromatic N) is 1. The van der Waals surface area contributed by atoms with Crippen LogP contribution >= 0.6 is 7.82 Å². The van der Waals surface area contributed by atoms with Gasteiger partial charge in [-0.3, -0.25) is 13.8 Å². The van der Waals surface area contributed by atoms with E-state index in [1.54, 1.807) is 0 Å². The SMILES string of the molecule is CCCCCCC(O)C/C=C\CCCCCCCC(=O)O[C@H](CO)COP(=O)(O)OCC[N+](C)(C)C. The lowest BCUT2D eigenvalue weighted by atomic mass is 10.1. The monoisotopic (exact) mass is 538 g/mol. The Labute approximate surface area is 219 Å². The standard InChI is InChI=1S/C26H52NO8P/c1-5-6-7-14-17-24(29)18-15-12-10-8-9-11-13-16-19-26(30)35-25(22-28)23-34-36(31,32)33-21-20-27(2,3)4/h12,15,24-25,28-29H,5-11,13-14,16-23H2,1-4H3/p+1/b15-12-/t24?,25-/m1/s1. The molecule has 0 aliphatic carbocycles. The molecular weight excluding hydrogens is 485 g/mol. The number of aliphatic hydroxyl groups excluding tert-OH is 2. The number of phosphoric acid groups is 1. The molecule has 214 valence electrons. The number of allylic oxidation sites excluding steroid dienone is 1. The van der Waals surface area contributed by atoms with Crippen LogP contribution in [0, 0.1) is 0 Å². The van der Waals surface area contributed by atoms with Gasteiger partial charge in [-0.2, -0.15) is 0 Å². The molecule has 0 fully saturated rings. The Morgan fingerprint density at radius 3 is 2.31 bits per heavy atom. The first-order valence-electron chi connectivity index (χ1n) is 13.5. The molecule has 0 aliphatic rings. The number of ether oxygens (including phenoxy) is 1. The molecule has 0 saturated heterocycles. The number of aliphatic hydroxyl groups is 2. The molecule has 0 spiro atoms. The van der Waals surface area contributed by atoms with Gasteiger partial charge in [-0.1, -0.05) is 64.0 Å². The third kappa shape index (κ3) is 23.6. The summed E-state index contributed by atoms with van der Waals surface area (Å²) in [5, 5.41) is 19.3. The van der Waals surface area contributed by atoms with Crippen LogP contribution in [0.1, 0.15) is 90.4 Å². The van der Waals surface area contributed by atoms with E-state index < -0.39 is 33.1 Å². The summed E-state index contributed by atoms with van der Waals surface area (Å²) in [6, 6.07) is 0. The van der Waals surface area contributed by atoms with Crippen LogP contribution in [0.5, 0.6) is 0 Å². The average molecular weight is 539 g/mol. The third-order valence-electron chi connectivity index (χ3n) is 5.66. The number of quaternary nitrogens is 1. The topological polar surface area (TPSA) is 123 Å². The highest BCUT2D eigenvalue weighted by Gasteiger charge is 2.25. The molecule has 3 N–H and O–H groups in total. The first-order chi connectivity index (χ1) is 17.0. The predicted molar refractivity (Wildman–Crippen MR) is 142 cm³/mol. The van der Waals surface area contributed by atoms with E-state index in [-0.39, 0.29) is 19.1 Å². The van der Waals surface area contributed by atoms with E-state index in [4.69, 9.17) is 13.8 Å². The number of carbonyl (C=O) groups is 1. The minimum absolute atomic E-state index is 0.0411. The van der Waals surface area contributed by atoms with Gasteiger partial charge >= 0.3 is 13.8 Å². The molecule has 0 amide bonds. The van der Waals surface area contributed by atoms with Gasteiger partial charge in [0.05, 0.1) is 40.5 Å². The maximum atomic E-state index is 12.0. The summed E-state index contributed by atoms with van der Waals surface area (Å²) < 4.78 is 27.4. The molecule has 0 aromatic rings. The zero-order chi connectivity index (χ0) is 27.3. The lowest BCUT2D eigenvalue weighted by Crippen LogP contribution is -2.37. The molecule has 0 aromatic carbocycles. The average Bonchev–Trinajstić information content (AvgIpc) is 2.79. The van der Waals surface area contributed by atoms with Gasteiger partial charge in [-0.25, -0.2) is 4.57 Å². The fraction of sp³-hybridized carbons (Fsp3) is 0.885. The van der Waals surface area contributed by atoms with Gasteiger partial charge in [0.2, 0.25) is 0 Å². The number of unbranched alkanes of at least 4 members (excludes halogenated alkanes) is 8. The molecule has 36 heavy (non-hydrogen) atoms. The fourth-order valence-electron chi connectivity index (χ4n) is 3.37. The van der Waals surface area contributed by atoms with E-state index in [0.29, 0.717) is 17.4 Å². The number of hydrogen-bond donors (Lipinski definition) is 3. The summed E-state index contributed by atoms with van der Waals surface area (Å²) in [6.45, 7) is 1.83. The predicted octanol–water partition coefficient (Wildman–Crippen LogP) is 4.74. The van der Waals surface area contributed by atoms with Crippen LogP contribution in [0.25, 0.3) is 0 Å². The zero-order valence-electron chi connectivity index (χ0n) is 23.1. The van der Waals surface area contributed by atoms with Gasteiger partial charge < -0.3 is 24.3 Å². The van der Waals surface area contributed by atoms with Crippen LogP contribution in [0.4, 0.5) is 0 Å². The molecule has 2 unspecified atom stereocenters. The van der Waals surface area contributed by atoms with Gasteiger partial charge in [0, 0.05) is 6.42 Å². The Morgan fingerprint density at radius 1 is 0.972 bits per heavy atom. The van der Waals surface area contributed by atoms with Crippen LogP contribution in [-0.2, 0) is 23.1 Å². The first-order valence-corrected chi connectivity index (χ1v) is 15.0. The van der Waals surface area contributed by atoms with Gasteiger partial charge in [0.1, 0.15) is 19.3 Å². The van der Waals surface area contributed by atoms with Crippen molar-refractivity contribution in [2.45, 2.75) is 103 Å². The second-order valence-corrected chi connectivity index (χ2v) is 11.9. The Balaban J connectivity index is 3.82. The van der Waals surface area contributed by atoms with Crippen molar-refractivity contribution in [2.24, 2.45) is 0 Å². The summed E-state index contributed by atoms with van der Waals surface area (Å²) in [7, 11) is 1.51. The van der Waals surface area contributed by atoms with Gasteiger partial charge in [0.15, 0.2) is 0 Å². The lowest BCUT2D eigenvalue weighted by Gasteiger charge is -2.24. The maximum absolute atomic E-state index is 12.0. The number of phosphoric ester groups is 1. The van der Waals surface area contributed by atoms with Crippen molar-refractivity contribution in [1.29, 1.82) is 0 Å². The van der Waals surface area contributed by atoms with E-state index in [0.717, 1.165) is 51.4 Å². The van der Waals surface area contributed by atoms with Crippen LogP contribution in [-0.4, -0.2) is 85.3 Å². The van der Waals surface area contributed by atoms with Gasteiger partial charge in [0.25, 0.3) is 0 Å². The highest BCUT2D eigenvalue weighted by Crippen LogP contribution is 2.43. The third-order valence-corrected chi connectivity index (χ3v) is 6.64. The zero-order valence-corrected chi connectivity index (χ0v) is 24.0. The van der Waals surface area contributed by atoms with Crippen LogP contribution in [0.3, 0.4) is 0 Å². The molecule has 10 heteroatoms. The van der Waals surface area contributed by atoms with E-state index in [9.17, 15) is 24.5 Å². The second kappa shape index (κ2) is 21.2. The van der Waals surface area contributed by atoms with Crippen LogP contribution in [0.15, 0.2) is 12.2 Å². The first kappa shape index (κ1) is 35.2. The molecule has 9 nitrogen and oxygen atoms in total. The van der Waals surface area contributed by atoms with E-state index >= 15 is 0 Å². The largest absolute Gasteiger partial charge is 0.472 e. The number of carbonyl (C=O) groups excluding carboxylic acids is 1. The molecule has 0 bridgehead atoms. The normalized spacial score (nSPS) is 15.6. The molecule has 0 radical (unpaired) electrons. The molecule has 3 atom stereocenters. The van der Waals surface area contributed by atoms with Crippen molar-refractivity contribution in [2.75, 3.05) is 47.5 Å². The Morgan fingerprint density at radius 2 is 1.64 bits per heavy atom. The summed E-state index contributed by atoms with van der Waals surface area (Å²) in [6.07, 6.45) is 15.3. The van der Waals surface area contributed by atoms with Gasteiger partial charge in [-0.15, -0.1) is 0 Å². The Hall–Kier alpha value is -0.800. The quantitative estimate of drug-likeness (QED) is 0.0530. The van der Waals surface area contributed by atoms with Crippen molar-refractivity contribution in [3.63, 3.8) is 0 Å². The summed E-state index contributed by atoms with van der Waals surface area (Å²) in [5.74, 6) is -0.465. The van der Waals surface area contributed by atoms with Crippen molar-refractivity contribution in [3.8, 4) is 0 Å². The van der Waals surface area contributed by atoms with Crippen LogP contribution in [0.2, 0.25) is 0 Å². The second-order valence-electron chi connectivity index (χ2n) is 10.4. The number of esters is 1. The van der Waals surface area contributed by atoms with E-state index in [1.165, 1.54) is 19.3 Å². The van der Waals surface area contributed by atoms with E-state index in [1.807, 2.05) is 21.1 Å². The number of rotatable bonds is 24. The Kier molecular flexibility index (Phi) is 20.7. The van der Waals surface area contributed by atoms with Crippen LogP contribution < -0.4 is 0 Å². The molecule has 0 rings (SSSR count). The van der Waals surface area contributed by atoms with Crippen molar-refractivity contribution in [1.82, 2.24) is 0 Å². The molecule has 0 aromatic heterocycles. The van der Waals surface area contributed by atoms with Crippen molar-refractivity contribution < 1.29 is 42.7 Å². The Bertz CT molecular complexity index is 624. The summed E-state index contributed by atoms with van der Waals surface area (Å²) >= 11 is 0.